The van der Waals surface area contributed by atoms with Gasteiger partial charge in [-0.05, 0) is 23.8 Å². The smallest absolute Gasteiger partial charge is 0.318 e. The van der Waals surface area contributed by atoms with Gasteiger partial charge in [0.1, 0.15) is 5.75 Å². The van der Waals surface area contributed by atoms with Crippen molar-refractivity contribution in [1.82, 2.24) is 14.5 Å². The second kappa shape index (κ2) is 5.96. The van der Waals surface area contributed by atoms with Crippen molar-refractivity contribution >= 4 is 11.2 Å². The first kappa shape index (κ1) is 14.8. The van der Waals surface area contributed by atoms with Crippen LogP contribution in [0.3, 0.4) is 0 Å². The maximum atomic E-state index is 12.2. The molecule has 0 atom stereocenters. The van der Waals surface area contributed by atoms with Gasteiger partial charge in [0.25, 0.3) is 0 Å². The Hall–Kier alpha value is -3.09. The van der Waals surface area contributed by atoms with E-state index in [4.69, 9.17) is 9.47 Å². The number of pyridine rings is 1. The molecule has 2 heterocycles. The van der Waals surface area contributed by atoms with Crippen molar-refractivity contribution in [3.63, 3.8) is 0 Å². The van der Waals surface area contributed by atoms with E-state index >= 15 is 0 Å². The number of hydrogen-bond donors (Lipinski definition) is 1. The van der Waals surface area contributed by atoms with Crippen LogP contribution in [0.2, 0.25) is 0 Å². The Kier molecular flexibility index (Phi) is 3.84. The minimum Gasteiger partial charge on any atom is -0.497 e. The van der Waals surface area contributed by atoms with Gasteiger partial charge in [0.15, 0.2) is 5.65 Å². The van der Waals surface area contributed by atoms with E-state index in [-0.39, 0.29) is 6.54 Å². The third-order valence-electron chi connectivity index (χ3n) is 3.50. The van der Waals surface area contributed by atoms with E-state index in [1.54, 1.807) is 31.4 Å². The molecule has 1 aromatic carbocycles. The fraction of sp³-hybridized carbons (Fsp3) is 0.188. The van der Waals surface area contributed by atoms with Crippen LogP contribution in [0.5, 0.6) is 11.6 Å². The number of benzene rings is 1. The van der Waals surface area contributed by atoms with Crippen LogP contribution >= 0.6 is 0 Å². The van der Waals surface area contributed by atoms with E-state index in [9.17, 15) is 9.59 Å². The van der Waals surface area contributed by atoms with Crippen molar-refractivity contribution in [2.24, 2.45) is 0 Å². The Morgan fingerprint density at radius 1 is 1.04 bits per heavy atom. The van der Waals surface area contributed by atoms with Crippen LogP contribution in [0.15, 0.2) is 46.0 Å². The fourth-order valence-electron chi connectivity index (χ4n) is 2.30. The molecule has 0 bridgehead atoms. The molecule has 0 aliphatic heterocycles. The number of fused-ring (bicyclic) bond motifs is 1. The van der Waals surface area contributed by atoms with Crippen molar-refractivity contribution in [1.29, 1.82) is 0 Å². The highest BCUT2D eigenvalue weighted by Gasteiger charge is 2.10. The molecule has 0 unspecified atom stereocenters. The van der Waals surface area contributed by atoms with Crippen LogP contribution in [0, 0.1) is 0 Å². The number of rotatable bonds is 4. The molecule has 0 spiro atoms. The summed E-state index contributed by atoms with van der Waals surface area (Å²) in [5.41, 5.74) is 0.352. The number of aromatic nitrogens is 3. The molecule has 2 aromatic heterocycles. The summed E-state index contributed by atoms with van der Waals surface area (Å²) < 4.78 is 11.5. The van der Waals surface area contributed by atoms with Crippen molar-refractivity contribution in [2.45, 2.75) is 6.54 Å². The van der Waals surface area contributed by atoms with Crippen LogP contribution < -0.4 is 20.6 Å². The lowest BCUT2D eigenvalue weighted by molar-refractivity contribution is 0.398. The Balaban J connectivity index is 2.15. The zero-order valence-electron chi connectivity index (χ0n) is 12.7. The monoisotopic (exact) mass is 313 g/mol. The number of aromatic amines is 1. The van der Waals surface area contributed by atoms with Crippen LogP contribution in [0.25, 0.3) is 11.2 Å². The highest BCUT2D eigenvalue weighted by atomic mass is 16.5. The standard InChI is InChI=1S/C16H15N3O4/c1-22-11-5-3-10(4-6-11)9-19-14-12(17-15(20)16(19)21)7-8-13(18-14)23-2/h3-8H,9H2,1-2H3,(H,17,20). The van der Waals surface area contributed by atoms with Crippen LogP contribution in [0.1, 0.15) is 5.56 Å². The summed E-state index contributed by atoms with van der Waals surface area (Å²) >= 11 is 0. The van der Waals surface area contributed by atoms with Gasteiger partial charge < -0.3 is 14.5 Å². The predicted molar refractivity (Wildman–Crippen MR) is 85.3 cm³/mol. The lowest BCUT2D eigenvalue weighted by Crippen LogP contribution is -2.37. The van der Waals surface area contributed by atoms with Crippen molar-refractivity contribution < 1.29 is 9.47 Å². The van der Waals surface area contributed by atoms with Crippen LogP contribution in [-0.4, -0.2) is 28.8 Å². The number of methoxy groups -OCH3 is 2. The normalized spacial score (nSPS) is 10.7. The zero-order chi connectivity index (χ0) is 16.4. The van der Waals surface area contributed by atoms with Gasteiger partial charge in [-0.2, -0.15) is 4.98 Å². The summed E-state index contributed by atoms with van der Waals surface area (Å²) in [6.45, 7) is 0.226. The van der Waals surface area contributed by atoms with Gasteiger partial charge in [0, 0.05) is 6.07 Å². The molecule has 3 aromatic rings. The fourth-order valence-corrected chi connectivity index (χ4v) is 2.30. The molecule has 23 heavy (non-hydrogen) atoms. The molecular formula is C16H15N3O4. The molecule has 0 saturated carbocycles. The average Bonchev–Trinajstić information content (AvgIpc) is 2.59. The van der Waals surface area contributed by atoms with Gasteiger partial charge in [-0.3, -0.25) is 14.2 Å². The summed E-state index contributed by atoms with van der Waals surface area (Å²) in [6.07, 6.45) is 0. The molecule has 0 aliphatic rings. The van der Waals surface area contributed by atoms with E-state index in [1.807, 2.05) is 12.1 Å². The van der Waals surface area contributed by atoms with E-state index in [0.29, 0.717) is 17.0 Å². The van der Waals surface area contributed by atoms with E-state index in [1.165, 1.54) is 11.7 Å². The number of hydrogen-bond acceptors (Lipinski definition) is 5. The number of ether oxygens (including phenoxy) is 2. The Labute approximate surface area is 131 Å². The third kappa shape index (κ3) is 2.80. The highest BCUT2D eigenvalue weighted by molar-refractivity contribution is 5.70. The quantitative estimate of drug-likeness (QED) is 0.730. The van der Waals surface area contributed by atoms with Gasteiger partial charge in [-0.15, -0.1) is 0 Å². The first-order chi connectivity index (χ1) is 11.1. The summed E-state index contributed by atoms with van der Waals surface area (Å²) in [5.74, 6) is 1.09. The lowest BCUT2D eigenvalue weighted by Gasteiger charge is -2.10. The van der Waals surface area contributed by atoms with Crippen LogP contribution in [-0.2, 0) is 6.54 Å². The molecular weight excluding hydrogens is 298 g/mol. The number of nitrogens with one attached hydrogen (secondary N) is 1. The average molecular weight is 313 g/mol. The molecule has 118 valence electrons. The Morgan fingerprint density at radius 2 is 1.78 bits per heavy atom. The first-order valence-electron chi connectivity index (χ1n) is 6.93. The third-order valence-corrected chi connectivity index (χ3v) is 3.50. The van der Waals surface area contributed by atoms with Crippen molar-refractivity contribution in [2.75, 3.05) is 14.2 Å². The largest absolute Gasteiger partial charge is 0.497 e. The molecule has 0 saturated heterocycles. The summed E-state index contributed by atoms with van der Waals surface area (Å²) in [5, 5.41) is 0. The van der Waals surface area contributed by atoms with Gasteiger partial charge in [0.2, 0.25) is 5.88 Å². The van der Waals surface area contributed by atoms with Gasteiger partial charge in [-0.1, -0.05) is 12.1 Å². The highest BCUT2D eigenvalue weighted by Crippen LogP contribution is 2.15. The van der Waals surface area contributed by atoms with Crippen molar-refractivity contribution in [3.05, 3.63) is 62.7 Å². The zero-order valence-corrected chi connectivity index (χ0v) is 12.7. The Bertz CT molecular complexity index is 958. The second-order valence-corrected chi connectivity index (χ2v) is 4.92. The summed E-state index contributed by atoms with van der Waals surface area (Å²) in [6, 6.07) is 10.5. The summed E-state index contributed by atoms with van der Waals surface area (Å²) in [4.78, 5) is 30.9. The molecule has 3 rings (SSSR count). The van der Waals surface area contributed by atoms with E-state index in [2.05, 4.69) is 9.97 Å². The SMILES string of the molecule is COc1ccc(Cn2c(=O)c(=O)[nH]c3ccc(OC)nc32)cc1. The van der Waals surface area contributed by atoms with Crippen LogP contribution in [0.4, 0.5) is 0 Å². The predicted octanol–water partition coefficient (Wildman–Crippen LogP) is 1.15. The minimum absolute atomic E-state index is 0.226. The lowest BCUT2D eigenvalue weighted by atomic mass is 10.2. The maximum Gasteiger partial charge on any atom is 0.318 e. The van der Waals surface area contributed by atoms with E-state index in [0.717, 1.165) is 11.3 Å². The van der Waals surface area contributed by atoms with E-state index < -0.39 is 11.1 Å². The molecule has 0 amide bonds. The second-order valence-electron chi connectivity index (χ2n) is 4.92. The molecule has 1 N–H and O–H groups in total. The summed E-state index contributed by atoms with van der Waals surface area (Å²) in [7, 11) is 3.08. The molecule has 0 fully saturated rings. The number of H-pyrrole nitrogens is 1. The minimum atomic E-state index is -0.682. The van der Waals surface area contributed by atoms with Gasteiger partial charge in [0.05, 0.1) is 26.3 Å². The molecule has 7 heteroatoms. The Morgan fingerprint density at radius 3 is 2.43 bits per heavy atom. The van der Waals surface area contributed by atoms with Crippen molar-refractivity contribution in [3.8, 4) is 11.6 Å². The molecule has 7 nitrogen and oxygen atoms in total. The molecule has 0 radical (unpaired) electrons. The first-order valence-corrected chi connectivity index (χ1v) is 6.93. The topological polar surface area (TPSA) is 86.2 Å². The van der Waals surface area contributed by atoms with Gasteiger partial charge in [-0.25, -0.2) is 0 Å². The molecule has 0 aliphatic carbocycles. The van der Waals surface area contributed by atoms with Gasteiger partial charge >= 0.3 is 11.1 Å². The maximum absolute atomic E-state index is 12.2. The number of nitrogens with zero attached hydrogens (tertiary/aromatic N) is 2.